The zero-order valence-electron chi connectivity index (χ0n) is 16.7. The van der Waals surface area contributed by atoms with Crippen molar-refractivity contribution in [1.82, 2.24) is 5.32 Å². The molecule has 0 aliphatic heterocycles. The fourth-order valence-corrected chi connectivity index (χ4v) is 5.05. The summed E-state index contributed by atoms with van der Waals surface area (Å²) in [5.74, 6) is -0.176. The lowest BCUT2D eigenvalue weighted by Gasteiger charge is -2.23. The van der Waals surface area contributed by atoms with Crippen molar-refractivity contribution in [2.24, 2.45) is 0 Å². The van der Waals surface area contributed by atoms with Gasteiger partial charge >= 0.3 is 0 Å². The van der Waals surface area contributed by atoms with Gasteiger partial charge in [0, 0.05) is 36.6 Å². The Labute approximate surface area is 181 Å². The van der Waals surface area contributed by atoms with E-state index in [-0.39, 0.29) is 10.1 Å². The predicted molar refractivity (Wildman–Crippen MR) is 123 cm³/mol. The van der Waals surface area contributed by atoms with Gasteiger partial charge in [-0.1, -0.05) is 24.3 Å². The number of para-hydroxylation sites is 1. The van der Waals surface area contributed by atoms with E-state index in [2.05, 4.69) is 34.0 Å². The van der Waals surface area contributed by atoms with Gasteiger partial charge in [-0.25, -0.2) is 8.42 Å². The van der Waals surface area contributed by atoms with Crippen LogP contribution < -0.4 is 14.9 Å². The smallest absolute Gasteiger partial charge is 0.271 e. The lowest BCUT2D eigenvalue weighted by Crippen LogP contribution is -2.29. The van der Waals surface area contributed by atoms with Crippen molar-refractivity contribution in [3.05, 3.63) is 77.7 Å². The highest BCUT2D eigenvalue weighted by Crippen LogP contribution is 2.20. The zero-order valence-corrected chi connectivity index (χ0v) is 18.4. The summed E-state index contributed by atoms with van der Waals surface area (Å²) in [5.41, 5.74) is 2.08. The van der Waals surface area contributed by atoms with Gasteiger partial charge in [0.1, 0.15) is 4.21 Å². The third kappa shape index (κ3) is 5.84. The number of thiophene rings is 1. The van der Waals surface area contributed by atoms with E-state index in [1.165, 1.54) is 5.69 Å². The summed E-state index contributed by atoms with van der Waals surface area (Å²) < 4.78 is 27.3. The Morgan fingerprint density at radius 1 is 1.00 bits per heavy atom. The van der Waals surface area contributed by atoms with Crippen LogP contribution in [0.2, 0.25) is 0 Å². The molecule has 0 bridgehead atoms. The van der Waals surface area contributed by atoms with Crippen LogP contribution in [-0.4, -0.2) is 34.0 Å². The predicted octanol–water partition coefficient (Wildman–Crippen LogP) is 4.20. The molecular formula is C22H25N3O3S2. The highest BCUT2D eigenvalue weighted by Gasteiger charge is 2.15. The van der Waals surface area contributed by atoms with E-state index in [1.54, 1.807) is 41.8 Å². The van der Waals surface area contributed by atoms with E-state index in [1.807, 2.05) is 18.2 Å². The Kier molecular flexibility index (Phi) is 7.48. The molecule has 0 unspecified atom stereocenters. The highest BCUT2D eigenvalue weighted by atomic mass is 32.2. The van der Waals surface area contributed by atoms with Gasteiger partial charge in [-0.2, -0.15) is 0 Å². The van der Waals surface area contributed by atoms with Gasteiger partial charge in [0.15, 0.2) is 0 Å². The van der Waals surface area contributed by atoms with Gasteiger partial charge in [0.25, 0.3) is 15.9 Å². The number of nitrogens with zero attached hydrogens (tertiary/aromatic N) is 1. The van der Waals surface area contributed by atoms with Crippen LogP contribution >= 0.6 is 11.3 Å². The molecule has 0 spiro atoms. The molecule has 6 nitrogen and oxygen atoms in total. The Hall–Kier alpha value is -2.84. The van der Waals surface area contributed by atoms with Crippen LogP contribution in [0.1, 0.15) is 23.7 Å². The van der Waals surface area contributed by atoms with Crippen LogP contribution in [0.4, 0.5) is 11.4 Å². The quantitative estimate of drug-likeness (QED) is 0.461. The lowest BCUT2D eigenvalue weighted by atomic mass is 10.2. The van der Waals surface area contributed by atoms with E-state index >= 15 is 0 Å². The van der Waals surface area contributed by atoms with Gasteiger partial charge in [-0.15, -0.1) is 11.3 Å². The minimum Gasteiger partial charge on any atom is -0.372 e. The molecule has 0 radical (unpaired) electrons. The fourth-order valence-electron chi connectivity index (χ4n) is 2.99. The minimum absolute atomic E-state index is 0.176. The molecule has 8 heteroatoms. The van der Waals surface area contributed by atoms with E-state index in [4.69, 9.17) is 0 Å². The third-order valence-electron chi connectivity index (χ3n) is 4.55. The molecule has 158 valence electrons. The van der Waals surface area contributed by atoms with Crippen molar-refractivity contribution in [3.63, 3.8) is 0 Å². The van der Waals surface area contributed by atoms with Crippen LogP contribution in [0.3, 0.4) is 0 Å². The summed E-state index contributed by atoms with van der Waals surface area (Å²) in [6.07, 6.45) is 0.827. The van der Waals surface area contributed by atoms with E-state index in [0.717, 1.165) is 30.8 Å². The molecule has 1 heterocycles. The van der Waals surface area contributed by atoms with Crippen LogP contribution in [0.15, 0.2) is 76.3 Å². The highest BCUT2D eigenvalue weighted by molar-refractivity contribution is 7.94. The first-order valence-corrected chi connectivity index (χ1v) is 12.1. The first kappa shape index (κ1) is 21.9. The number of nitrogens with one attached hydrogen (secondary N) is 2. The van der Waals surface area contributed by atoms with Gasteiger partial charge in [-0.3, -0.25) is 9.52 Å². The lowest BCUT2D eigenvalue weighted by molar-refractivity contribution is 0.0953. The third-order valence-corrected chi connectivity index (χ3v) is 7.33. The summed E-state index contributed by atoms with van der Waals surface area (Å²) in [6, 6.07) is 19.8. The maximum Gasteiger partial charge on any atom is 0.271 e. The van der Waals surface area contributed by atoms with E-state index < -0.39 is 10.0 Å². The number of sulfonamides is 1. The molecule has 0 fully saturated rings. The van der Waals surface area contributed by atoms with Crippen molar-refractivity contribution in [1.29, 1.82) is 0 Å². The van der Waals surface area contributed by atoms with Gasteiger partial charge in [0.05, 0.1) is 0 Å². The Morgan fingerprint density at radius 2 is 1.73 bits per heavy atom. The maximum atomic E-state index is 12.4. The fraction of sp³-hybridized carbons (Fsp3) is 0.227. The largest absolute Gasteiger partial charge is 0.372 e. The number of hydrogen-bond donors (Lipinski definition) is 2. The number of carbonyl (C=O) groups excluding carboxylic acids is 1. The minimum atomic E-state index is -3.59. The average Bonchev–Trinajstić information content (AvgIpc) is 3.31. The van der Waals surface area contributed by atoms with E-state index in [9.17, 15) is 13.2 Å². The SMILES string of the molecule is CCN(CCCNC(=O)c1ccc(NS(=O)(=O)c2cccs2)cc1)c1ccccc1. The second-order valence-corrected chi connectivity index (χ2v) is 9.50. The van der Waals surface area contributed by atoms with Crippen molar-refractivity contribution >= 4 is 38.6 Å². The topological polar surface area (TPSA) is 78.5 Å². The van der Waals surface area contributed by atoms with Gasteiger partial charge in [0.2, 0.25) is 0 Å². The Balaban J connectivity index is 1.48. The molecule has 3 rings (SSSR count). The normalized spacial score (nSPS) is 11.1. The average molecular weight is 444 g/mol. The summed E-state index contributed by atoms with van der Waals surface area (Å²) in [5, 5.41) is 4.63. The molecule has 1 aromatic heterocycles. The molecule has 0 aliphatic carbocycles. The molecule has 30 heavy (non-hydrogen) atoms. The molecule has 0 aliphatic rings. The monoisotopic (exact) mass is 443 g/mol. The van der Waals surface area contributed by atoms with Crippen molar-refractivity contribution in [2.75, 3.05) is 29.3 Å². The number of rotatable bonds is 10. The Bertz CT molecular complexity index is 1040. The number of carbonyl (C=O) groups is 1. The van der Waals surface area contributed by atoms with Crippen LogP contribution in [0.25, 0.3) is 0 Å². The molecule has 2 N–H and O–H groups in total. The van der Waals surface area contributed by atoms with Gasteiger partial charge < -0.3 is 10.2 Å². The molecule has 3 aromatic rings. The van der Waals surface area contributed by atoms with Crippen LogP contribution in [-0.2, 0) is 10.0 Å². The Morgan fingerprint density at radius 3 is 2.37 bits per heavy atom. The van der Waals surface area contributed by atoms with Crippen molar-refractivity contribution < 1.29 is 13.2 Å². The second-order valence-electron chi connectivity index (χ2n) is 6.64. The van der Waals surface area contributed by atoms with Crippen molar-refractivity contribution in [3.8, 4) is 0 Å². The molecule has 2 aromatic carbocycles. The number of hydrogen-bond acceptors (Lipinski definition) is 5. The summed E-state index contributed by atoms with van der Waals surface area (Å²) in [7, 11) is -3.59. The summed E-state index contributed by atoms with van der Waals surface area (Å²) in [6.45, 7) is 4.43. The van der Waals surface area contributed by atoms with Crippen LogP contribution in [0.5, 0.6) is 0 Å². The first-order valence-electron chi connectivity index (χ1n) is 9.74. The summed E-state index contributed by atoms with van der Waals surface area (Å²) in [4.78, 5) is 14.6. The van der Waals surface area contributed by atoms with Crippen molar-refractivity contribution in [2.45, 2.75) is 17.6 Å². The molecule has 0 saturated carbocycles. The zero-order chi connectivity index (χ0) is 21.4. The maximum absolute atomic E-state index is 12.4. The number of anilines is 2. The second kappa shape index (κ2) is 10.3. The van der Waals surface area contributed by atoms with Crippen LogP contribution in [0, 0.1) is 0 Å². The number of amides is 1. The summed E-state index contributed by atoms with van der Waals surface area (Å²) >= 11 is 1.15. The van der Waals surface area contributed by atoms with E-state index in [0.29, 0.717) is 17.8 Å². The molecular weight excluding hydrogens is 418 g/mol. The number of benzene rings is 2. The first-order chi connectivity index (χ1) is 14.5. The molecule has 0 saturated heterocycles. The van der Waals surface area contributed by atoms with Gasteiger partial charge in [-0.05, 0) is 61.2 Å². The molecule has 0 atom stereocenters. The standard InChI is InChI=1S/C22H25N3O3S2/c1-2-25(20-8-4-3-5-9-20)16-7-15-23-22(26)18-11-13-19(14-12-18)24-30(27,28)21-10-6-17-29-21/h3-6,8-14,17,24H,2,7,15-16H2,1H3,(H,23,26). The molecule has 1 amide bonds.